The van der Waals surface area contributed by atoms with Gasteiger partial charge in [-0.3, -0.25) is 9.69 Å². The highest BCUT2D eigenvalue weighted by Gasteiger charge is 2.34. The van der Waals surface area contributed by atoms with E-state index in [1.54, 1.807) is 0 Å². The summed E-state index contributed by atoms with van der Waals surface area (Å²) in [5.41, 5.74) is 1.59. The van der Waals surface area contributed by atoms with Crippen LogP contribution in [0.15, 0.2) is 4.79 Å². The Balaban J connectivity index is 1.84. The fourth-order valence-electron chi connectivity index (χ4n) is 3.18. The summed E-state index contributed by atoms with van der Waals surface area (Å²) >= 11 is 0. The first-order valence-corrected chi connectivity index (χ1v) is 7.14. The van der Waals surface area contributed by atoms with Crippen LogP contribution in [0.5, 0.6) is 0 Å². The molecule has 104 valence electrons. The van der Waals surface area contributed by atoms with Crippen LogP contribution in [0.4, 0.5) is 0 Å². The standard InChI is InChI=1S/C14H21N3O2/c1-3-11-9(2)15-13(16-14(11)18)12-7-17-6-4-5-10(17)8-19-12/h10,12H,3-8H2,1-2H3,(H,15,16,18). The fourth-order valence-corrected chi connectivity index (χ4v) is 3.18. The number of nitrogens with zero attached hydrogens (tertiary/aromatic N) is 2. The van der Waals surface area contributed by atoms with Crippen molar-refractivity contribution in [2.45, 2.75) is 45.3 Å². The quantitative estimate of drug-likeness (QED) is 0.870. The SMILES string of the molecule is CCc1c(C)nc(C2CN3CCCC3CO2)[nH]c1=O. The van der Waals surface area contributed by atoms with Gasteiger partial charge in [-0.2, -0.15) is 0 Å². The molecule has 0 radical (unpaired) electrons. The summed E-state index contributed by atoms with van der Waals surface area (Å²) < 4.78 is 5.89. The van der Waals surface area contributed by atoms with Crippen molar-refractivity contribution in [1.29, 1.82) is 0 Å². The van der Waals surface area contributed by atoms with Crippen molar-refractivity contribution in [3.63, 3.8) is 0 Å². The van der Waals surface area contributed by atoms with Crippen molar-refractivity contribution >= 4 is 0 Å². The molecule has 2 aliphatic rings. The maximum absolute atomic E-state index is 12.0. The number of aryl methyl sites for hydroxylation is 1. The van der Waals surface area contributed by atoms with Gasteiger partial charge in [0.1, 0.15) is 11.9 Å². The summed E-state index contributed by atoms with van der Waals surface area (Å²) in [6, 6.07) is 0.569. The minimum atomic E-state index is -0.0911. The number of nitrogens with one attached hydrogen (secondary N) is 1. The molecule has 0 bridgehead atoms. The van der Waals surface area contributed by atoms with E-state index in [2.05, 4.69) is 14.9 Å². The van der Waals surface area contributed by atoms with Gasteiger partial charge in [-0.15, -0.1) is 0 Å². The molecule has 1 aromatic rings. The summed E-state index contributed by atoms with van der Waals surface area (Å²) in [7, 11) is 0. The molecule has 3 rings (SSSR count). The average molecular weight is 263 g/mol. The molecule has 0 saturated carbocycles. The minimum Gasteiger partial charge on any atom is -0.367 e. The van der Waals surface area contributed by atoms with E-state index in [1.165, 1.54) is 12.8 Å². The van der Waals surface area contributed by atoms with Gasteiger partial charge in [0.2, 0.25) is 0 Å². The minimum absolute atomic E-state index is 0.0165. The van der Waals surface area contributed by atoms with Crippen LogP contribution >= 0.6 is 0 Å². The van der Waals surface area contributed by atoms with Gasteiger partial charge < -0.3 is 9.72 Å². The summed E-state index contributed by atoms with van der Waals surface area (Å²) in [4.78, 5) is 21.9. The molecule has 2 atom stereocenters. The second-order valence-corrected chi connectivity index (χ2v) is 5.48. The van der Waals surface area contributed by atoms with Crippen molar-refractivity contribution in [3.05, 3.63) is 27.4 Å². The Morgan fingerprint density at radius 2 is 2.37 bits per heavy atom. The van der Waals surface area contributed by atoms with Gasteiger partial charge in [-0.1, -0.05) is 6.92 Å². The second kappa shape index (κ2) is 5.06. The maximum atomic E-state index is 12.0. The molecule has 2 saturated heterocycles. The molecule has 0 aliphatic carbocycles. The molecule has 19 heavy (non-hydrogen) atoms. The van der Waals surface area contributed by atoms with Gasteiger partial charge >= 0.3 is 0 Å². The molecule has 2 aliphatic heterocycles. The van der Waals surface area contributed by atoms with Crippen LogP contribution in [0.3, 0.4) is 0 Å². The van der Waals surface area contributed by atoms with Crippen molar-refractivity contribution in [1.82, 2.24) is 14.9 Å². The summed E-state index contributed by atoms with van der Waals surface area (Å²) in [6.07, 6.45) is 3.10. The van der Waals surface area contributed by atoms with E-state index in [4.69, 9.17) is 4.74 Å². The Morgan fingerprint density at radius 1 is 1.53 bits per heavy atom. The first-order chi connectivity index (χ1) is 9.19. The van der Waals surface area contributed by atoms with E-state index < -0.39 is 0 Å². The highest BCUT2D eigenvalue weighted by atomic mass is 16.5. The predicted octanol–water partition coefficient (Wildman–Crippen LogP) is 1.18. The topological polar surface area (TPSA) is 58.2 Å². The van der Waals surface area contributed by atoms with E-state index in [9.17, 15) is 4.79 Å². The molecule has 5 heteroatoms. The van der Waals surface area contributed by atoms with Crippen LogP contribution < -0.4 is 5.56 Å². The first kappa shape index (κ1) is 12.8. The molecule has 2 unspecified atom stereocenters. The molecule has 1 aromatic heterocycles. The van der Waals surface area contributed by atoms with Gasteiger partial charge in [0, 0.05) is 23.8 Å². The summed E-state index contributed by atoms with van der Waals surface area (Å²) in [6.45, 7) is 6.62. The van der Waals surface area contributed by atoms with E-state index >= 15 is 0 Å². The van der Waals surface area contributed by atoms with E-state index in [0.29, 0.717) is 18.3 Å². The third kappa shape index (κ3) is 2.32. The van der Waals surface area contributed by atoms with Gasteiger partial charge in [0.05, 0.1) is 6.61 Å². The van der Waals surface area contributed by atoms with Crippen LogP contribution in [-0.4, -0.2) is 40.6 Å². The predicted molar refractivity (Wildman–Crippen MR) is 72.3 cm³/mol. The molecular formula is C14H21N3O2. The largest absolute Gasteiger partial charge is 0.367 e. The van der Waals surface area contributed by atoms with E-state index in [-0.39, 0.29) is 11.7 Å². The van der Waals surface area contributed by atoms with Crippen molar-refractivity contribution in [2.24, 2.45) is 0 Å². The van der Waals surface area contributed by atoms with Gasteiger partial charge in [-0.05, 0) is 32.7 Å². The Kier molecular flexibility index (Phi) is 3.41. The third-order valence-electron chi connectivity index (χ3n) is 4.29. The van der Waals surface area contributed by atoms with Crippen LogP contribution in [0.1, 0.15) is 43.0 Å². The lowest BCUT2D eigenvalue weighted by molar-refractivity contribution is -0.0543. The van der Waals surface area contributed by atoms with Crippen LogP contribution in [-0.2, 0) is 11.2 Å². The Morgan fingerprint density at radius 3 is 3.11 bits per heavy atom. The van der Waals surface area contributed by atoms with Crippen LogP contribution in [0, 0.1) is 6.92 Å². The number of fused-ring (bicyclic) bond motifs is 1. The monoisotopic (exact) mass is 263 g/mol. The second-order valence-electron chi connectivity index (χ2n) is 5.48. The van der Waals surface area contributed by atoms with Crippen molar-refractivity contribution in [3.8, 4) is 0 Å². The van der Waals surface area contributed by atoms with Gasteiger partial charge in [-0.25, -0.2) is 4.98 Å². The lowest BCUT2D eigenvalue weighted by Crippen LogP contribution is -2.43. The van der Waals surface area contributed by atoms with Gasteiger partial charge in [0.15, 0.2) is 0 Å². The molecule has 0 aromatic carbocycles. The number of ether oxygens (including phenoxy) is 1. The van der Waals surface area contributed by atoms with Crippen LogP contribution in [0.2, 0.25) is 0 Å². The number of hydrogen-bond donors (Lipinski definition) is 1. The molecule has 1 N–H and O–H groups in total. The van der Waals surface area contributed by atoms with Crippen molar-refractivity contribution in [2.75, 3.05) is 19.7 Å². The zero-order chi connectivity index (χ0) is 13.4. The summed E-state index contributed by atoms with van der Waals surface area (Å²) in [5.74, 6) is 0.685. The summed E-state index contributed by atoms with van der Waals surface area (Å²) in [5, 5.41) is 0. The lowest BCUT2D eigenvalue weighted by atomic mass is 10.1. The highest BCUT2D eigenvalue weighted by Crippen LogP contribution is 2.28. The third-order valence-corrected chi connectivity index (χ3v) is 4.29. The number of H-pyrrole nitrogens is 1. The number of rotatable bonds is 2. The average Bonchev–Trinajstić information content (AvgIpc) is 2.85. The van der Waals surface area contributed by atoms with E-state index in [0.717, 1.165) is 31.0 Å². The number of morpholine rings is 1. The smallest absolute Gasteiger partial charge is 0.254 e. The Bertz CT molecular complexity index is 526. The highest BCUT2D eigenvalue weighted by molar-refractivity contribution is 5.17. The molecule has 0 amide bonds. The first-order valence-electron chi connectivity index (χ1n) is 7.14. The number of aromatic nitrogens is 2. The normalized spacial score (nSPS) is 27.5. The lowest BCUT2D eigenvalue weighted by Gasteiger charge is -2.34. The van der Waals surface area contributed by atoms with Gasteiger partial charge in [0.25, 0.3) is 5.56 Å². The van der Waals surface area contributed by atoms with Crippen LogP contribution in [0.25, 0.3) is 0 Å². The molecule has 0 spiro atoms. The molecular weight excluding hydrogens is 242 g/mol. The zero-order valence-electron chi connectivity index (χ0n) is 11.6. The van der Waals surface area contributed by atoms with Crippen molar-refractivity contribution < 1.29 is 4.74 Å². The number of aromatic amines is 1. The van der Waals surface area contributed by atoms with E-state index in [1.807, 2.05) is 13.8 Å². The molecule has 2 fully saturated rings. The zero-order valence-corrected chi connectivity index (χ0v) is 11.6. The fraction of sp³-hybridized carbons (Fsp3) is 0.714. The molecule has 5 nitrogen and oxygen atoms in total. The Labute approximate surface area is 113 Å². The molecule has 3 heterocycles. The Hall–Kier alpha value is -1.20. The maximum Gasteiger partial charge on any atom is 0.254 e. The number of hydrogen-bond acceptors (Lipinski definition) is 4.